The first-order valence-electron chi connectivity index (χ1n) is 6.50. The number of aryl methyl sites for hydroxylation is 2. The molecular formula is C14H19N5O. The number of carbonyl (C=O) groups is 1. The van der Waals surface area contributed by atoms with Gasteiger partial charge < -0.3 is 16.4 Å². The van der Waals surface area contributed by atoms with Gasteiger partial charge in [0.25, 0.3) is 0 Å². The third kappa shape index (κ3) is 3.50. The quantitative estimate of drug-likeness (QED) is 0.779. The lowest BCUT2D eigenvalue weighted by molar-refractivity contribution is 0.259. The number of primary amides is 1. The van der Waals surface area contributed by atoms with Crippen molar-refractivity contribution in [1.29, 1.82) is 0 Å². The summed E-state index contributed by atoms with van der Waals surface area (Å²) in [4.78, 5) is 10.8. The molecule has 6 heteroatoms. The maximum absolute atomic E-state index is 10.8. The van der Waals surface area contributed by atoms with Crippen LogP contribution in [-0.2, 0) is 20.0 Å². The van der Waals surface area contributed by atoms with Crippen molar-refractivity contribution in [2.75, 3.05) is 10.6 Å². The van der Waals surface area contributed by atoms with E-state index in [9.17, 15) is 4.79 Å². The number of nitrogens with zero attached hydrogens (tertiary/aromatic N) is 2. The van der Waals surface area contributed by atoms with Crippen molar-refractivity contribution in [3.05, 3.63) is 41.7 Å². The highest BCUT2D eigenvalue weighted by atomic mass is 16.2. The second-order valence-corrected chi connectivity index (χ2v) is 4.55. The smallest absolute Gasteiger partial charge is 0.316 e. The van der Waals surface area contributed by atoms with Gasteiger partial charge >= 0.3 is 6.03 Å². The largest absolute Gasteiger partial charge is 0.381 e. The highest BCUT2D eigenvalue weighted by molar-refractivity contribution is 5.88. The van der Waals surface area contributed by atoms with Crippen molar-refractivity contribution in [2.24, 2.45) is 12.8 Å². The van der Waals surface area contributed by atoms with E-state index in [0.29, 0.717) is 12.2 Å². The van der Waals surface area contributed by atoms with Crippen LogP contribution in [0.2, 0.25) is 0 Å². The Morgan fingerprint density at radius 1 is 1.40 bits per heavy atom. The molecule has 106 valence electrons. The Kier molecular flexibility index (Phi) is 4.24. The van der Waals surface area contributed by atoms with Gasteiger partial charge in [-0.1, -0.05) is 13.0 Å². The van der Waals surface area contributed by atoms with E-state index in [0.717, 1.165) is 17.8 Å². The average molecular weight is 273 g/mol. The predicted molar refractivity (Wildman–Crippen MR) is 79.6 cm³/mol. The molecule has 0 radical (unpaired) electrons. The molecule has 2 amide bonds. The van der Waals surface area contributed by atoms with Gasteiger partial charge in [0.1, 0.15) is 0 Å². The molecule has 0 unspecified atom stereocenters. The number of aromatic nitrogens is 2. The second-order valence-electron chi connectivity index (χ2n) is 4.55. The number of amides is 2. The number of nitrogens with two attached hydrogens (primary N) is 1. The van der Waals surface area contributed by atoms with Crippen molar-refractivity contribution in [2.45, 2.75) is 19.9 Å². The molecule has 1 heterocycles. The molecule has 20 heavy (non-hydrogen) atoms. The summed E-state index contributed by atoms with van der Waals surface area (Å²) in [6.07, 6.45) is 2.92. The first-order chi connectivity index (χ1) is 9.58. The van der Waals surface area contributed by atoms with Crippen LogP contribution >= 0.6 is 0 Å². The Hall–Kier alpha value is -2.50. The number of carbonyl (C=O) groups excluding carboxylic acids is 1. The minimum Gasteiger partial charge on any atom is -0.381 e. The summed E-state index contributed by atoms with van der Waals surface area (Å²) in [6, 6.07) is 6.86. The van der Waals surface area contributed by atoms with Crippen LogP contribution in [-0.4, -0.2) is 15.8 Å². The van der Waals surface area contributed by atoms with E-state index >= 15 is 0 Å². The molecule has 0 aliphatic heterocycles. The molecule has 6 nitrogen and oxygen atoms in total. The zero-order valence-electron chi connectivity index (χ0n) is 11.7. The predicted octanol–water partition coefficient (Wildman–Crippen LogP) is 2.09. The SMILES string of the molecule is CCc1nn(C)cc1CNc1cccc(NC(N)=O)c1. The van der Waals surface area contributed by atoms with Gasteiger partial charge in [-0.05, 0) is 24.6 Å². The molecule has 0 saturated carbocycles. The van der Waals surface area contributed by atoms with Gasteiger partial charge in [-0.25, -0.2) is 4.79 Å². The van der Waals surface area contributed by atoms with Gasteiger partial charge in [-0.2, -0.15) is 5.10 Å². The van der Waals surface area contributed by atoms with Crippen LogP contribution in [0.25, 0.3) is 0 Å². The standard InChI is InChI=1S/C14H19N5O/c1-3-13-10(9-19(2)18-13)8-16-11-5-4-6-12(7-11)17-14(15)20/h4-7,9,16H,3,8H2,1-2H3,(H3,15,17,20). The summed E-state index contributed by atoms with van der Waals surface area (Å²) >= 11 is 0. The fraction of sp³-hybridized carbons (Fsp3) is 0.286. The number of rotatable bonds is 5. The van der Waals surface area contributed by atoms with Crippen LogP contribution in [0, 0.1) is 0 Å². The molecule has 0 saturated heterocycles. The topological polar surface area (TPSA) is 85.0 Å². The number of hydrogen-bond acceptors (Lipinski definition) is 3. The maximum Gasteiger partial charge on any atom is 0.316 e. The molecule has 0 aliphatic rings. The van der Waals surface area contributed by atoms with Crippen LogP contribution < -0.4 is 16.4 Å². The highest BCUT2D eigenvalue weighted by Crippen LogP contribution is 2.16. The summed E-state index contributed by atoms with van der Waals surface area (Å²) in [6.45, 7) is 2.78. The molecule has 1 aromatic carbocycles. The first kappa shape index (κ1) is 13.9. The summed E-state index contributed by atoms with van der Waals surface area (Å²) < 4.78 is 1.82. The van der Waals surface area contributed by atoms with Crippen LogP contribution in [0.1, 0.15) is 18.2 Å². The lowest BCUT2D eigenvalue weighted by atomic mass is 10.2. The van der Waals surface area contributed by atoms with E-state index in [-0.39, 0.29) is 0 Å². The van der Waals surface area contributed by atoms with Gasteiger partial charge in [-0.3, -0.25) is 4.68 Å². The highest BCUT2D eigenvalue weighted by Gasteiger charge is 2.05. The molecule has 4 N–H and O–H groups in total. The Bertz CT molecular complexity index is 605. The molecule has 0 fully saturated rings. The normalized spacial score (nSPS) is 10.3. The average Bonchev–Trinajstić information content (AvgIpc) is 2.76. The Labute approximate surface area is 118 Å². The van der Waals surface area contributed by atoms with E-state index in [1.54, 1.807) is 6.07 Å². The van der Waals surface area contributed by atoms with Crippen molar-refractivity contribution < 1.29 is 4.79 Å². The molecule has 2 aromatic rings. The van der Waals surface area contributed by atoms with Gasteiger partial charge in [-0.15, -0.1) is 0 Å². The van der Waals surface area contributed by atoms with Crippen LogP contribution in [0.15, 0.2) is 30.5 Å². The lowest BCUT2D eigenvalue weighted by Crippen LogP contribution is -2.19. The van der Waals surface area contributed by atoms with E-state index in [1.807, 2.05) is 36.1 Å². The summed E-state index contributed by atoms with van der Waals surface area (Å²) in [5.41, 5.74) is 8.95. The number of hydrogen-bond donors (Lipinski definition) is 3. The third-order valence-corrected chi connectivity index (χ3v) is 2.94. The van der Waals surface area contributed by atoms with E-state index in [2.05, 4.69) is 22.7 Å². The molecule has 0 bridgehead atoms. The number of urea groups is 1. The van der Waals surface area contributed by atoms with Crippen molar-refractivity contribution in [1.82, 2.24) is 9.78 Å². The van der Waals surface area contributed by atoms with Gasteiger partial charge in [0, 0.05) is 36.7 Å². The number of benzene rings is 1. The number of anilines is 2. The Morgan fingerprint density at radius 3 is 2.85 bits per heavy atom. The monoisotopic (exact) mass is 273 g/mol. The molecule has 0 spiro atoms. The van der Waals surface area contributed by atoms with Gasteiger partial charge in [0.15, 0.2) is 0 Å². The van der Waals surface area contributed by atoms with E-state index < -0.39 is 6.03 Å². The summed E-state index contributed by atoms with van der Waals surface area (Å²) in [7, 11) is 1.92. The van der Waals surface area contributed by atoms with Crippen molar-refractivity contribution in [3.63, 3.8) is 0 Å². The van der Waals surface area contributed by atoms with E-state index in [4.69, 9.17) is 5.73 Å². The summed E-state index contributed by atoms with van der Waals surface area (Å²) in [5.74, 6) is 0. The summed E-state index contributed by atoms with van der Waals surface area (Å²) in [5, 5.41) is 10.3. The Balaban J connectivity index is 2.05. The third-order valence-electron chi connectivity index (χ3n) is 2.94. The van der Waals surface area contributed by atoms with Crippen molar-refractivity contribution in [3.8, 4) is 0 Å². The van der Waals surface area contributed by atoms with E-state index in [1.165, 1.54) is 5.56 Å². The zero-order chi connectivity index (χ0) is 14.5. The minimum absolute atomic E-state index is 0.567. The fourth-order valence-corrected chi connectivity index (χ4v) is 2.08. The fourth-order valence-electron chi connectivity index (χ4n) is 2.08. The van der Waals surface area contributed by atoms with Crippen LogP contribution in [0.5, 0.6) is 0 Å². The Morgan fingerprint density at radius 2 is 2.15 bits per heavy atom. The zero-order valence-corrected chi connectivity index (χ0v) is 11.7. The van der Waals surface area contributed by atoms with Crippen LogP contribution in [0.4, 0.5) is 16.2 Å². The van der Waals surface area contributed by atoms with Gasteiger partial charge in [0.2, 0.25) is 0 Å². The number of nitrogens with one attached hydrogen (secondary N) is 2. The molecule has 0 aliphatic carbocycles. The molecular weight excluding hydrogens is 254 g/mol. The molecule has 0 atom stereocenters. The van der Waals surface area contributed by atoms with Crippen LogP contribution in [0.3, 0.4) is 0 Å². The molecule has 1 aromatic heterocycles. The molecule has 2 rings (SSSR count). The minimum atomic E-state index is -0.567. The second kappa shape index (κ2) is 6.10. The first-order valence-corrected chi connectivity index (χ1v) is 6.50. The maximum atomic E-state index is 10.8. The lowest BCUT2D eigenvalue weighted by Gasteiger charge is -2.08. The van der Waals surface area contributed by atoms with Crippen molar-refractivity contribution >= 4 is 17.4 Å². The van der Waals surface area contributed by atoms with Gasteiger partial charge in [0.05, 0.1) is 5.69 Å².